The van der Waals surface area contributed by atoms with E-state index >= 15 is 0 Å². The maximum atomic E-state index is 12.0. The van der Waals surface area contributed by atoms with Crippen molar-refractivity contribution in [2.75, 3.05) is 17.7 Å². The first-order valence-electron chi connectivity index (χ1n) is 7.56. The molecular formula is C16H23ClN2O2. The SMILES string of the molecule is CCC1CCCCC1OCC(=O)Nc1cc(N)ccc1Cl. The van der Waals surface area contributed by atoms with Gasteiger partial charge in [0.1, 0.15) is 6.61 Å². The number of halogens is 1. The Labute approximate surface area is 131 Å². The molecule has 0 spiro atoms. The molecule has 1 amide bonds. The standard InChI is InChI=1S/C16H23ClN2O2/c1-2-11-5-3-4-6-15(11)21-10-16(20)19-14-9-12(18)7-8-13(14)17/h7-9,11,15H,2-6,10,18H2,1H3,(H,19,20). The predicted octanol–water partition coefficient (Wildman–Crippen LogP) is 3.85. The number of ether oxygens (including phenoxy) is 1. The molecule has 0 saturated heterocycles. The van der Waals surface area contributed by atoms with Gasteiger partial charge in [0.05, 0.1) is 16.8 Å². The topological polar surface area (TPSA) is 64.3 Å². The molecule has 1 aromatic carbocycles. The summed E-state index contributed by atoms with van der Waals surface area (Å²) in [7, 11) is 0. The number of rotatable bonds is 5. The number of amides is 1. The lowest BCUT2D eigenvalue weighted by molar-refractivity contribution is -0.124. The minimum atomic E-state index is -0.192. The summed E-state index contributed by atoms with van der Waals surface area (Å²) in [6.07, 6.45) is 6.00. The van der Waals surface area contributed by atoms with Gasteiger partial charge in [0.2, 0.25) is 5.91 Å². The molecular weight excluding hydrogens is 288 g/mol. The van der Waals surface area contributed by atoms with Gasteiger partial charge in [-0.2, -0.15) is 0 Å². The van der Waals surface area contributed by atoms with E-state index in [1.165, 1.54) is 19.3 Å². The summed E-state index contributed by atoms with van der Waals surface area (Å²) in [6, 6.07) is 5.01. The largest absolute Gasteiger partial charge is 0.399 e. The molecule has 0 radical (unpaired) electrons. The molecule has 0 aliphatic heterocycles. The van der Waals surface area contributed by atoms with Gasteiger partial charge < -0.3 is 15.8 Å². The molecule has 0 bridgehead atoms. The van der Waals surface area contributed by atoms with Crippen molar-refractivity contribution in [2.24, 2.45) is 5.92 Å². The first-order chi connectivity index (χ1) is 10.1. The summed E-state index contributed by atoms with van der Waals surface area (Å²) in [4.78, 5) is 12.0. The van der Waals surface area contributed by atoms with Crippen LogP contribution in [-0.2, 0) is 9.53 Å². The molecule has 5 heteroatoms. The summed E-state index contributed by atoms with van der Waals surface area (Å²) in [5.74, 6) is 0.380. The van der Waals surface area contributed by atoms with Crippen LogP contribution in [0.25, 0.3) is 0 Å². The molecule has 0 aromatic heterocycles. The summed E-state index contributed by atoms with van der Waals surface area (Å²) in [5.41, 5.74) is 6.78. The zero-order chi connectivity index (χ0) is 15.2. The van der Waals surface area contributed by atoms with Gasteiger partial charge in [-0.3, -0.25) is 4.79 Å². The molecule has 1 aliphatic carbocycles. The van der Waals surface area contributed by atoms with E-state index in [-0.39, 0.29) is 18.6 Å². The molecule has 0 heterocycles. The summed E-state index contributed by atoms with van der Waals surface area (Å²) < 4.78 is 5.80. The zero-order valence-corrected chi connectivity index (χ0v) is 13.2. The third kappa shape index (κ3) is 4.61. The zero-order valence-electron chi connectivity index (χ0n) is 12.4. The molecule has 1 saturated carbocycles. The van der Waals surface area contributed by atoms with Crippen LogP contribution < -0.4 is 11.1 Å². The number of benzene rings is 1. The van der Waals surface area contributed by atoms with Gasteiger partial charge in [-0.25, -0.2) is 0 Å². The van der Waals surface area contributed by atoms with Gasteiger partial charge in [-0.1, -0.05) is 37.8 Å². The van der Waals surface area contributed by atoms with Crippen molar-refractivity contribution in [1.29, 1.82) is 0 Å². The minimum Gasteiger partial charge on any atom is -0.399 e. The molecule has 116 valence electrons. The second kappa shape index (κ2) is 7.66. The molecule has 2 atom stereocenters. The fraction of sp³-hybridized carbons (Fsp3) is 0.562. The van der Waals surface area contributed by atoms with E-state index in [0.29, 0.717) is 22.3 Å². The minimum absolute atomic E-state index is 0.0618. The van der Waals surface area contributed by atoms with Crippen molar-refractivity contribution >= 4 is 28.9 Å². The second-order valence-corrected chi connectivity index (χ2v) is 6.00. The normalized spacial score (nSPS) is 22.0. The maximum Gasteiger partial charge on any atom is 0.250 e. The van der Waals surface area contributed by atoms with Gasteiger partial charge in [0, 0.05) is 5.69 Å². The van der Waals surface area contributed by atoms with Crippen LogP contribution in [0.5, 0.6) is 0 Å². The molecule has 3 N–H and O–H groups in total. The van der Waals surface area contributed by atoms with Gasteiger partial charge in [-0.15, -0.1) is 0 Å². The van der Waals surface area contributed by atoms with E-state index in [1.807, 2.05) is 0 Å². The Kier molecular flexibility index (Phi) is 5.88. The van der Waals surface area contributed by atoms with Gasteiger partial charge in [0.15, 0.2) is 0 Å². The second-order valence-electron chi connectivity index (χ2n) is 5.59. The number of carbonyl (C=O) groups is 1. The Morgan fingerprint density at radius 3 is 2.95 bits per heavy atom. The van der Waals surface area contributed by atoms with E-state index in [4.69, 9.17) is 22.1 Å². The fourth-order valence-electron chi connectivity index (χ4n) is 2.87. The van der Waals surface area contributed by atoms with Crippen LogP contribution >= 0.6 is 11.6 Å². The monoisotopic (exact) mass is 310 g/mol. The van der Waals surface area contributed by atoms with Crippen LogP contribution in [0.3, 0.4) is 0 Å². The average molecular weight is 311 g/mol. The molecule has 2 unspecified atom stereocenters. The van der Waals surface area contributed by atoms with Crippen LogP contribution in [0.4, 0.5) is 11.4 Å². The van der Waals surface area contributed by atoms with Crippen molar-refractivity contribution in [2.45, 2.75) is 45.1 Å². The highest BCUT2D eigenvalue weighted by molar-refractivity contribution is 6.33. The third-order valence-electron chi connectivity index (χ3n) is 4.06. The van der Waals surface area contributed by atoms with E-state index < -0.39 is 0 Å². The number of nitrogens with one attached hydrogen (secondary N) is 1. The highest BCUT2D eigenvalue weighted by Gasteiger charge is 2.24. The maximum absolute atomic E-state index is 12.0. The van der Waals surface area contributed by atoms with Crippen LogP contribution in [-0.4, -0.2) is 18.6 Å². The molecule has 1 fully saturated rings. The van der Waals surface area contributed by atoms with Crippen LogP contribution in [0.2, 0.25) is 5.02 Å². The predicted molar refractivity (Wildman–Crippen MR) is 86.5 cm³/mol. The van der Waals surface area contributed by atoms with E-state index in [1.54, 1.807) is 18.2 Å². The Bertz CT molecular complexity index is 493. The van der Waals surface area contributed by atoms with Crippen LogP contribution in [0.1, 0.15) is 39.0 Å². The summed E-state index contributed by atoms with van der Waals surface area (Å²) >= 11 is 6.02. The molecule has 1 aliphatic rings. The van der Waals surface area contributed by atoms with Crippen molar-refractivity contribution in [3.8, 4) is 0 Å². The Balaban J connectivity index is 1.85. The molecule has 4 nitrogen and oxygen atoms in total. The van der Waals surface area contributed by atoms with E-state index in [0.717, 1.165) is 12.8 Å². The average Bonchev–Trinajstić information content (AvgIpc) is 2.49. The van der Waals surface area contributed by atoms with E-state index in [2.05, 4.69) is 12.2 Å². The number of hydrogen-bond acceptors (Lipinski definition) is 3. The summed E-state index contributed by atoms with van der Waals surface area (Å²) in [5, 5.41) is 3.22. The van der Waals surface area contributed by atoms with Gasteiger partial charge >= 0.3 is 0 Å². The van der Waals surface area contributed by atoms with Crippen molar-refractivity contribution < 1.29 is 9.53 Å². The number of nitrogen functional groups attached to an aromatic ring is 1. The Morgan fingerprint density at radius 1 is 1.43 bits per heavy atom. The van der Waals surface area contributed by atoms with Gasteiger partial charge in [-0.05, 0) is 37.0 Å². The smallest absolute Gasteiger partial charge is 0.250 e. The lowest BCUT2D eigenvalue weighted by Gasteiger charge is -2.30. The molecule has 1 aromatic rings. The highest BCUT2D eigenvalue weighted by atomic mass is 35.5. The lowest BCUT2D eigenvalue weighted by Crippen LogP contribution is -2.31. The van der Waals surface area contributed by atoms with E-state index in [9.17, 15) is 4.79 Å². The number of hydrogen-bond donors (Lipinski definition) is 2. The Morgan fingerprint density at radius 2 is 2.19 bits per heavy atom. The van der Waals surface area contributed by atoms with Crippen molar-refractivity contribution in [3.63, 3.8) is 0 Å². The first kappa shape index (κ1) is 16.1. The molecule has 2 rings (SSSR count). The highest BCUT2D eigenvalue weighted by Crippen LogP contribution is 2.29. The quantitative estimate of drug-likeness (QED) is 0.812. The number of anilines is 2. The lowest BCUT2D eigenvalue weighted by atomic mass is 9.85. The first-order valence-corrected chi connectivity index (χ1v) is 7.94. The molecule has 21 heavy (non-hydrogen) atoms. The van der Waals surface area contributed by atoms with Crippen LogP contribution in [0, 0.1) is 5.92 Å². The van der Waals surface area contributed by atoms with Crippen molar-refractivity contribution in [1.82, 2.24) is 0 Å². The van der Waals surface area contributed by atoms with Crippen LogP contribution in [0.15, 0.2) is 18.2 Å². The summed E-state index contributed by atoms with van der Waals surface area (Å²) in [6.45, 7) is 2.24. The van der Waals surface area contributed by atoms with Crippen molar-refractivity contribution in [3.05, 3.63) is 23.2 Å². The number of nitrogens with two attached hydrogens (primary N) is 1. The number of carbonyl (C=O) groups excluding carboxylic acids is 1. The fourth-order valence-corrected chi connectivity index (χ4v) is 3.03. The third-order valence-corrected chi connectivity index (χ3v) is 4.39. The Hall–Kier alpha value is -1.26. The van der Waals surface area contributed by atoms with Gasteiger partial charge in [0.25, 0.3) is 0 Å².